The predicted molar refractivity (Wildman–Crippen MR) is 137 cm³/mol. The zero-order valence-corrected chi connectivity index (χ0v) is 23.1. The van der Waals surface area contributed by atoms with Crippen LogP contribution in [0.25, 0.3) is 10.4 Å². The Hall–Kier alpha value is -2.87. The van der Waals surface area contributed by atoms with Crippen molar-refractivity contribution in [1.29, 1.82) is 0 Å². The third-order valence-electron chi connectivity index (χ3n) is 6.03. The van der Waals surface area contributed by atoms with Crippen LogP contribution in [0.2, 0.25) is 0 Å². The zero-order chi connectivity index (χ0) is 29.3. The van der Waals surface area contributed by atoms with E-state index in [1.165, 1.54) is 27.7 Å². The lowest BCUT2D eigenvalue weighted by molar-refractivity contribution is -0.142. The summed E-state index contributed by atoms with van der Waals surface area (Å²) in [5, 5.41) is 14.8. The summed E-state index contributed by atoms with van der Waals surface area (Å²) < 4.78 is 67.0. The minimum Gasteiger partial charge on any atom is -0.389 e. The monoisotopic (exact) mass is 577 g/mol. The summed E-state index contributed by atoms with van der Waals surface area (Å²) in [6.07, 6.45) is -6.20. The molecule has 0 saturated carbocycles. The normalized spacial score (nSPS) is 16.6. The molecule has 14 heteroatoms. The molecule has 1 atom stereocenters. The molecule has 2 aromatic heterocycles. The first kappa shape index (κ1) is 30.7. The molecule has 1 unspecified atom stereocenters. The topological polar surface area (TPSA) is 107 Å². The Kier molecular flexibility index (Phi) is 8.90. The van der Waals surface area contributed by atoms with E-state index in [2.05, 4.69) is 20.6 Å². The molecule has 2 amide bonds. The molecule has 2 aromatic rings. The number of hydrogen-bond acceptors (Lipinski definition) is 7. The van der Waals surface area contributed by atoms with Gasteiger partial charge >= 0.3 is 6.18 Å². The zero-order valence-electron chi connectivity index (χ0n) is 22.2. The maximum absolute atomic E-state index is 14.1. The molecule has 1 fully saturated rings. The van der Waals surface area contributed by atoms with Crippen LogP contribution in [0.3, 0.4) is 0 Å². The van der Waals surface area contributed by atoms with Crippen LogP contribution in [0, 0.1) is 0 Å². The number of amides is 2. The smallest absolute Gasteiger partial charge is 0.389 e. The quantitative estimate of drug-likeness (QED) is 0.344. The number of thiazole rings is 1. The molecule has 3 heterocycles. The van der Waals surface area contributed by atoms with Crippen LogP contribution in [0.1, 0.15) is 86.2 Å². The van der Waals surface area contributed by atoms with Gasteiger partial charge in [-0.05, 0) is 53.5 Å². The van der Waals surface area contributed by atoms with Crippen LogP contribution in [0.4, 0.5) is 27.8 Å². The fourth-order valence-electron chi connectivity index (χ4n) is 4.24. The fraction of sp³-hybridized carbons (Fsp3) is 0.600. The summed E-state index contributed by atoms with van der Waals surface area (Å²) in [5.41, 5.74) is -3.53. The number of aromatic nitrogens is 2. The number of carbonyl (C=O) groups excluding carboxylic acids is 2. The minimum atomic E-state index is -4.53. The van der Waals surface area contributed by atoms with Crippen LogP contribution in [-0.2, 0) is 0 Å². The first-order valence-corrected chi connectivity index (χ1v) is 13.1. The molecule has 0 bridgehead atoms. The van der Waals surface area contributed by atoms with Gasteiger partial charge in [-0.15, -0.1) is 11.3 Å². The van der Waals surface area contributed by atoms with Crippen molar-refractivity contribution in [2.24, 2.45) is 0 Å². The number of halogens is 5. The van der Waals surface area contributed by atoms with Gasteiger partial charge in [0.25, 0.3) is 18.2 Å². The van der Waals surface area contributed by atoms with Gasteiger partial charge in [-0.2, -0.15) is 13.2 Å². The highest BCUT2D eigenvalue weighted by Crippen LogP contribution is 2.38. The average molecular weight is 578 g/mol. The number of alkyl halides is 5. The third-order valence-corrected chi connectivity index (χ3v) is 7.14. The molecule has 0 radical (unpaired) electrons. The van der Waals surface area contributed by atoms with Gasteiger partial charge in [0.1, 0.15) is 11.5 Å². The molecule has 1 aliphatic rings. The molecule has 0 aromatic carbocycles. The number of nitrogens with zero attached hydrogens (tertiary/aromatic N) is 3. The largest absolute Gasteiger partial charge is 0.391 e. The van der Waals surface area contributed by atoms with Gasteiger partial charge in [0.05, 0.1) is 22.5 Å². The van der Waals surface area contributed by atoms with Gasteiger partial charge < -0.3 is 20.6 Å². The van der Waals surface area contributed by atoms with Crippen molar-refractivity contribution < 1.29 is 36.6 Å². The number of likely N-dealkylation sites (tertiary alicyclic amines) is 1. The highest BCUT2D eigenvalue weighted by atomic mass is 32.1. The predicted octanol–water partition coefficient (Wildman–Crippen LogP) is 5.41. The van der Waals surface area contributed by atoms with Crippen molar-refractivity contribution in [3.8, 4) is 10.4 Å². The van der Waals surface area contributed by atoms with E-state index in [-0.39, 0.29) is 33.7 Å². The maximum atomic E-state index is 14.1. The van der Waals surface area contributed by atoms with Gasteiger partial charge in [0.15, 0.2) is 5.01 Å². The van der Waals surface area contributed by atoms with Gasteiger partial charge in [-0.1, -0.05) is 0 Å². The Bertz CT molecular complexity index is 1210. The second-order valence-electron chi connectivity index (χ2n) is 10.9. The number of rotatable bonds is 9. The number of anilines is 1. The van der Waals surface area contributed by atoms with Crippen LogP contribution < -0.4 is 10.6 Å². The highest BCUT2D eigenvalue weighted by Gasteiger charge is 2.38. The highest BCUT2D eigenvalue weighted by molar-refractivity contribution is 7.17. The Morgan fingerprint density at radius 2 is 1.90 bits per heavy atom. The number of aliphatic hydroxyl groups is 1. The number of pyridine rings is 1. The van der Waals surface area contributed by atoms with Gasteiger partial charge in [0.2, 0.25) is 0 Å². The van der Waals surface area contributed by atoms with E-state index in [4.69, 9.17) is 0 Å². The summed E-state index contributed by atoms with van der Waals surface area (Å²) in [6, 6.07) is 0.955. The SMILES string of the molecule is CC1CCCN1C(=O)c1nc(C(=O)NCC(C)(C)O)sc1-c1cnc(NC(C)(C)CC(F)(F)F)c(C(F)F)c1. The molecule has 216 valence electrons. The lowest BCUT2D eigenvalue weighted by Crippen LogP contribution is -2.38. The summed E-state index contributed by atoms with van der Waals surface area (Å²) >= 11 is 0.801. The van der Waals surface area contributed by atoms with E-state index >= 15 is 0 Å². The molecule has 1 saturated heterocycles. The minimum absolute atomic E-state index is 0.0683. The van der Waals surface area contributed by atoms with E-state index in [1.807, 2.05) is 6.92 Å². The molecular formula is C25H32F5N5O3S. The van der Waals surface area contributed by atoms with Crippen LogP contribution >= 0.6 is 11.3 Å². The summed E-state index contributed by atoms with van der Waals surface area (Å²) in [5.74, 6) is -1.55. The summed E-state index contributed by atoms with van der Waals surface area (Å²) in [6.45, 7) is 7.67. The lowest BCUT2D eigenvalue weighted by Gasteiger charge is -2.29. The van der Waals surface area contributed by atoms with Crippen molar-refractivity contribution in [1.82, 2.24) is 20.2 Å². The Morgan fingerprint density at radius 3 is 2.44 bits per heavy atom. The molecular weight excluding hydrogens is 545 g/mol. The third kappa shape index (κ3) is 8.07. The Balaban J connectivity index is 2.04. The number of hydrogen-bond donors (Lipinski definition) is 3. The molecule has 3 N–H and O–H groups in total. The van der Waals surface area contributed by atoms with E-state index in [0.29, 0.717) is 6.54 Å². The van der Waals surface area contributed by atoms with E-state index in [9.17, 15) is 36.6 Å². The van der Waals surface area contributed by atoms with E-state index in [0.717, 1.165) is 36.4 Å². The molecule has 3 rings (SSSR count). The summed E-state index contributed by atoms with van der Waals surface area (Å²) in [7, 11) is 0. The van der Waals surface area contributed by atoms with Crippen molar-refractivity contribution >= 4 is 29.0 Å². The second-order valence-corrected chi connectivity index (χ2v) is 11.9. The number of carbonyl (C=O) groups is 2. The molecule has 8 nitrogen and oxygen atoms in total. The van der Waals surface area contributed by atoms with Gasteiger partial charge in [-0.25, -0.2) is 18.7 Å². The maximum Gasteiger partial charge on any atom is 0.391 e. The van der Waals surface area contributed by atoms with Crippen molar-refractivity contribution in [2.45, 2.75) is 83.7 Å². The second kappa shape index (κ2) is 11.3. The van der Waals surface area contributed by atoms with Gasteiger partial charge in [-0.3, -0.25) is 9.59 Å². The van der Waals surface area contributed by atoms with Crippen LogP contribution in [0.15, 0.2) is 12.3 Å². The van der Waals surface area contributed by atoms with Crippen molar-refractivity contribution in [3.05, 3.63) is 28.5 Å². The Labute approximate surface area is 227 Å². The molecule has 0 aliphatic carbocycles. The fourth-order valence-corrected chi connectivity index (χ4v) is 5.20. The lowest BCUT2D eigenvalue weighted by atomic mass is 9.99. The van der Waals surface area contributed by atoms with Crippen molar-refractivity contribution in [3.63, 3.8) is 0 Å². The number of nitrogens with one attached hydrogen (secondary N) is 2. The first-order valence-electron chi connectivity index (χ1n) is 12.3. The average Bonchev–Trinajstić information content (AvgIpc) is 3.41. The molecule has 1 aliphatic heterocycles. The standard InChI is InChI=1S/C25H32F5N5O3S/c1-13-7-6-8-35(13)22(37)16-17(39-21(33-16)20(36)32-12-24(4,5)38)14-9-15(18(26)27)19(31-10-14)34-23(2,3)11-25(28,29)30/h9-10,13,18,38H,6-8,11-12H2,1-5H3,(H,31,34)(H,32,36). The first-order chi connectivity index (χ1) is 17.9. The van der Waals surface area contributed by atoms with Crippen LogP contribution in [0.5, 0.6) is 0 Å². The Morgan fingerprint density at radius 1 is 1.23 bits per heavy atom. The molecule has 39 heavy (non-hydrogen) atoms. The van der Waals surface area contributed by atoms with E-state index < -0.39 is 53.4 Å². The molecule has 0 spiro atoms. The summed E-state index contributed by atoms with van der Waals surface area (Å²) in [4.78, 5) is 36.1. The van der Waals surface area contributed by atoms with E-state index in [1.54, 1.807) is 4.90 Å². The van der Waals surface area contributed by atoms with Crippen molar-refractivity contribution in [2.75, 3.05) is 18.4 Å². The van der Waals surface area contributed by atoms with Crippen LogP contribution in [-0.4, -0.2) is 68.2 Å². The van der Waals surface area contributed by atoms with Gasteiger partial charge in [0, 0.05) is 36.4 Å².